The fourth-order valence-electron chi connectivity index (χ4n) is 2.33. The van der Waals surface area contributed by atoms with Crippen molar-refractivity contribution < 1.29 is 4.74 Å². The van der Waals surface area contributed by atoms with Gasteiger partial charge in [-0.05, 0) is 31.1 Å². The highest BCUT2D eigenvalue weighted by Crippen LogP contribution is 2.40. The van der Waals surface area contributed by atoms with E-state index in [4.69, 9.17) is 4.74 Å². The molecule has 1 aliphatic heterocycles. The van der Waals surface area contributed by atoms with Gasteiger partial charge in [-0.3, -0.25) is 0 Å². The smallest absolute Gasteiger partial charge is 0.0619 e. The Kier molecular flexibility index (Phi) is 2.61. The maximum Gasteiger partial charge on any atom is 0.0619 e. The summed E-state index contributed by atoms with van der Waals surface area (Å²) < 4.78 is 5.46. The Hall–Kier alpha value is -0.0800. The minimum Gasteiger partial charge on any atom is -0.380 e. The first-order chi connectivity index (χ1) is 6.18. The molecule has 2 nitrogen and oxygen atoms in total. The van der Waals surface area contributed by atoms with Crippen molar-refractivity contribution in [2.45, 2.75) is 51.6 Å². The van der Waals surface area contributed by atoms with Gasteiger partial charge >= 0.3 is 0 Å². The Labute approximate surface area is 81.0 Å². The van der Waals surface area contributed by atoms with Crippen molar-refractivity contribution in [2.75, 3.05) is 13.2 Å². The highest BCUT2D eigenvalue weighted by molar-refractivity contribution is 4.95. The van der Waals surface area contributed by atoms with Crippen LogP contribution in [-0.2, 0) is 4.74 Å². The number of rotatable bonds is 2. The Morgan fingerprint density at radius 1 is 1.31 bits per heavy atom. The Bertz CT molecular complexity index is 173. The van der Waals surface area contributed by atoms with Crippen LogP contribution in [0.2, 0.25) is 0 Å². The molecule has 2 rings (SSSR count). The first kappa shape index (κ1) is 9.47. The molecule has 1 heterocycles. The lowest BCUT2D eigenvalue weighted by atomic mass is 9.67. The summed E-state index contributed by atoms with van der Waals surface area (Å²) in [5.74, 6) is 0. The molecule has 1 N–H and O–H groups in total. The van der Waals surface area contributed by atoms with Crippen molar-refractivity contribution in [3.63, 3.8) is 0 Å². The van der Waals surface area contributed by atoms with Gasteiger partial charge in [0.2, 0.25) is 0 Å². The summed E-state index contributed by atoms with van der Waals surface area (Å²) in [5.41, 5.74) is 0.525. The number of ether oxygens (including phenoxy) is 1. The van der Waals surface area contributed by atoms with Crippen LogP contribution < -0.4 is 5.32 Å². The third-order valence-corrected chi connectivity index (χ3v) is 3.62. The van der Waals surface area contributed by atoms with Gasteiger partial charge in [0.25, 0.3) is 0 Å². The molecule has 0 radical (unpaired) electrons. The molecule has 1 unspecified atom stereocenters. The molecule has 1 saturated carbocycles. The van der Waals surface area contributed by atoms with Crippen LogP contribution in [0.1, 0.15) is 39.5 Å². The molecular weight excluding hydrogens is 162 g/mol. The Morgan fingerprint density at radius 2 is 2.15 bits per heavy atom. The molecule has 2 heteroatoms. The summed E-state index contributed by atoms with van der Waals surface area (Å²) in [4.78, 5) is 0. The summed E-state index contributed by atoms with van der Waals surface area (Å²) in [5, 5.41) is 3.72. The second-order valence-corrected chi connectivity index (χ2v) is 5.16. The zero-order valence-corrected chi connectivity index (χ0v) is 8.81. The van der Waals surface area contributed by atoms with E-state index in [9.17, 15) is 0 Å². The third kappa shape index (κ3) is 2.05. The van der Waals surface area contributed by atoms with Crippen molar-refractivity contribution in [3.05, 3.63) is 0 Å². The van der Waals surface area contributed by atoms with E-state index in [0.717, 1.165) is 19.3 Å². The van der Waals surface area contributed by atoms with E-state index in [2.05, 4.69) is 19.2 Å². The van der Waals surface area contributed by atoms with Gasteiger partial charge in [-0.15, -0.1) is 0 Å². The lowest BCUT2D eigenvalue weighted by molar-refractivity contribution is 0.0346. The van der Waals surface area contributed by atoms with Crippen molar-refractivity contribution in [3.8, 4) is 0 Å². The molecule has 0 bridgehead atoms. The van der Waals surface area contributed by atoms with Crippen molar-refractivity contribution in [1.82, 2.24) is 5.32 Å². The predicted octanol–water partition coefficient (Wildman–Crippen LogP) is 1.94. The van der Waals surface area contributed by atoms with Gasteiger partial charge in [-0.1, -0.05) is 13.8 Å². The van der Waals surface area contributed by atoms with Gasteiger partial charge in [0.15, 0.2) is 0 Å². The molecule has 0 aromatic carbocycles. The second kappa shape index (κ2) is 3.58. The van der Waals surface area contributed by atoms with Crippen LogP contribution in [0, 0.1) is 5.41 Å². The van der Waals surface area contributed by atoms with E-state index < -0.39 is 0 Å². The zero-order valence-electron chi connectivity index (χ0n) is 8.81. The van der Waals surface area contributed by atoms with E-state index in [0.29, 0.717) is 11.5 Å². The minimum absolute atomic E-state index is 0.525. The molecule has 0 aromatic rings. The zero-order chi connectivity index (χ0) is 9.31. The summed E-state index contributed by atoms with van der Waals surface area (Å²) in [7, 11) is 0. The molecule has 0 aromatic heterocycles. The minimum atomic E-state index is 0.525. The highest BCUT2D eigenvalue weighted by Gasteiger charge is 2.39. The molecule has 1 saturated heterocycles. The number of hydrogen-bond acceptors (Lipinski definition) is 2. The van der Waals surface area contributed by atoms with Gasteiger partial charge in [0, 0.05) is 18.7 Å². The van der Waals surface area contributed by atoms with Gasteiger partial charge in [-0.2, -0.15) is 0 Å². The van der Waals surface area contributed by atoms with E-state index in [1.54, 1.807) is 0 Å². The van der Waals surface area contributed by atoms with Gasteiger partial charge in [-0.25, -0.2) is 0 Å². The summed E-state index contributed by atoms with van der Waals surface area (Å²) in [6.07, 6.45) is 5.25. The monoisotopic (exact) mass is 183 g/mol. The molecule has 0 spiro atoms. The highest BCUT2D eigenvalue weighted by atomic mass is 16.5. The maximum atomic E-state index is 5.46. The Morgan fingerprint density at radius 3 is 2.62 bits per heavy atom. The second-order valence-electron chi connectivity index (χ2n) is 5.16. The van der Waals surface area contributed by atoms with Crippen LogP contribution in [0.4, 0.5) is 0 Å². The normalized spacial score (nSPS) is 38.3. The van der Waals surface area contributed by atoms with Crippen LogP contribution in [0.25, 0.3) is 0 Å². The van der Waals surface area contributed by atoms with Gasteiger partial charge in [0.05, 0.1) is 6.61 Å². The fourth-order valence-corrected chi connectivity index (χ4v) is 2.33. The van der Waals surface area contributed by atoms with E-state index in [-0.39, 0.29) is 0 Å². The van der Waals surface area contributed by atoms with E-state index in [1.165, 1.54) is 25.7 Å². The average molecular weight is 183 g/mol. The lowest BCUT2D eigenvalue weighted by Gasteiger charge is -2.47. The van der Waals surface area contributed by atoms with Crippen LogP contribution in [0.3, 0.4) is 0 Å². The predicted molar refractivity (Wildman–Crippen MR) is 53.8 cm³/mol. The molecule has 1 aliphatic carbocycles. The average Bonchev–Trinajstić information content (AvgIpc) is 2.15. The molecule has 13 heavy (non-hydrogen) atoms. The lowest BCUT2D eigenvalue weighted by Crippen LogP contribution is -2.55. The third-order valence-electron chi connectivity index (χ3n) is 3.62. The summed E-state index contributed by atoms with van der Waals surface area (Å²) in [6, 6.07) is 1.36. The topological polar surface area (TPSA) is 21.3 Å². The molecule has 2 aliphatic rings. The van der Waals surface area contributed by atoms with E-state index in [1.807, 2.05) is 0 Å². The Balaban J connectivity index is 1.77. The van der Waals surface area contributed by atoms with Gasteiger partial charge in [0.1, 0.15) is 0 Å². The van der Waals surface area contributed by atoms with Crippen molar-refractivity contribution >= 4 is 0 Å². The van der Waals surface area contributed by atoms with Crippen LogP contribution in [0.5, 0.6) is 0 Å². The summed E-state index contributed by atoms with van der Waals surface area (Å²) >= 11 is 0. The quantitative estimate of drug-likeness (QED) is 0.706. The van der Waals surface area contributed by atoms with Crippen molar-refractivity contribution in [1.29, 1.82) is 0 Å². The van der Waals surface area contributed by atoms with Crippen molar-refractivity contribution in [2.24, 2.45) is 5.41 Å². The molecule has 2 fully saturated rings. The molecule has 0 amide bonds. The fraction of sp³-hybridized carbons (Fsp3) is 1.00. The van der Waals surface area contributed by atoms with E-state index >= 15 is 0 Å². The molecule has 76 valence electrons. The first-order valence-electron chi connectivity index (χ1n) is 5.52. The number of nitrogens with one attached hydrogen (secondary N) is 1. The SMILES string of the molecule is CC1(C)CCC1N[C@@H]1CCCOC1. The largest absolute Gasteiger partial charge is 0.380 e. The van der Waals surface area contributed by atoms with Crippen LogP contribution >= 0.6 is 0 Å². The molecular formula is C11H21NO. The number of hydrogen-bond donors (Lipinski definition) is 1. The molecule has 2 atom stereocenters. The standard InChI is InChI=1S/C11H21NO/c1-11(2)6-5-10(11)12-9-4-3-7-13-8-9/h9-10,12H,3-8H2,1-2H3/t9-,10?/m1/s1. The first-order valence-corrected chi connectivity index (χ1v) is 5.52. The van der Waals surface area contributed by atoms with Crippen LogP contribution in [-0.4, -0.2) is 25.3 Å². The van der Waals surface area contributed by atoms with Gasteiger partial charge < -0.3 is 10.1 Å². The maximum absolute atomic E-state index is 5.46. The summed E-state index contributed by atoms with van der Waals surface area (Å²) in [6.45, 7) is 6.61. The van der Waals surface area contributed by atoms with Crippen LogP contribution in [0.15, 0.2) is 0 Å².